The number of Topliss-reactive ketones (excluding diaryl/α,β-unsaturated/α-hetero) is 1. The molecule has 0 fully saturated rings. The summed E-state index contributed by atoms with van der Waals surface area (Å²) in [5, 5.41) is 18.1. The van der Waals surface area contributed by atoms with Crippen LogP contribution in [0.25, 0.3) is 0 Å². The highest BCUT2D eigenvalue weighted by Crippen LogP contribution is 2.43. The van der Waals surface area contributed by atoms with E-state index in [9.17, 15) is 14.9 Å². The topological polar surface area (TPSA) is 85.0 Å². The maximum absolute atomic E-state index is 14.1. The zero-order chi connectivity index (χ0) is 25.4. The van der Waals surface area contributed by atoms with E-state index in [0.717, 1.165) is 16.8 Å². The molecule has 2 heterocycles. The fourth-order valence-electron chi connectivity index (χ4n) is 5.10. The standard InChI is InChI=1S/C30H23N3O4/c34-29-24-13-7-8-14-27(24)37-30(22-15-17-23(18-16-22)33(35)36)28(29)32-26(21-11-5-2-6-12-21)19-25(31-32)20-9-3-1-4-10-20/h1-18,26,28,30H,19H2. The van der Waals surface area contributed by atoms with Gasteiger partial charge in [0.25, 0.3) is 5.69 Å². The van der Waals surface area contributed by atoms with Crippen LogP contribution in [0, 0.1) is 10.1 Å². The second-order valence-electron chi connectivity index (χ2n) is 9.12. The van der Waals surface area contributed by atoms with Gasteiger partial charge in [-0.2, -0.15) is 5.10 Å². The molecule has 0 aliphatic carbocycles. The molecule has 0 amide bonds. The van der Waals surface area contributed by atoms with Gasteiger partial charge in [0, 0.05) is 18.6 Å². The Balaban J connectivity index is 1.49. The first-order chi connectivity index (χ1) is 18.1. The van der Waals surface area contributed by atoms with Crippen molar-refractivity contribution in [2.24, 2.45) is 5.10 Å². The average molecular weight is 490 g/mol. The van der Waals surface area contributed by atoms with E-state index in [2.05, 4.69) is 0 Å². The van der Waals surface area contributed by atoms with E-state index in [1.165, 1.54) is 12.1 Å². The largest absolute Gasteiger partial charge is 0.482 e. The summed E-state index contributed by atoms with van der Waals surface area (Å²) < 4.78 is 6.44. The number of benzene rings is 4. The molecule has 4 aromatic carbocycles. The van der Waals surface area contributed by atoms with E-state index in [-0.39, 0.29) is 17.5 Å². The van der Waals surface area contributed by atoms with Crippen molar-refractivity contribution in [3.8, 4) is 5.75 Å². The van der Waals surface area contributed by atoms with Crippen LogP contribution >= 0.6 is 0 Å². The molecule has 0 aromatic heterocycles. The molecular formula is C30H23N3O4. The summed E-state index contributed by atoms with van der Waals surface area (Å²) in [6.45, 7) is 0. The molecule has 0 saturated carbocycles. The van der Waals surface area contributed by atoms with Gasteiger partial charge in [-0.3, -0.25) is 19.9 Å². The Morgan fingerprint density at radius 1 is 0.811 bits per heavy atom. The van der Waals surface area contributed by atoms with Crippen molar-refractivity contribution in [3.63, 3.8) is 0 Å². The van der Waals surface area contributed by atoms with Crippen LogP contribution in [0.1, 0.15) is 45.6 Å². The van der Waals surface area contributed by atoms with Crippen LogP contribution in [0.5, 0.6) is 5.75 Å². The van der Waals surface area contributed by atoms with Crippen molar-refractivity contribution in [2.45, 2.75) is 24.6 Å². The molecule has 0 radical (unpaired) electrons. The number of hydrogen-bond donors (Lipinski definition) is 0. The van der Waals surface area contributed by atoms with Crippen LogP contribution in [0.15, 0.2) is 114 Å². The summed E-state index contributed by atoms with van der Waals surface area (Å²) >= 11 is 0. The van der Waals surface area contributed by atoms with Crippen LogP contribution in [0.4, 0.5) is 5.69 Å². The van der Waals surface area contributed by atoms with Gasteiger partial charge in [0.15, 0.2) is 17.9 Å². The Labute approximate surface area is 213 Å². The van der Waals surface area contributed by atoms with E-state index < -0.39 is 17.1 Å². The van der Waals surface area contributed by atoms with Gasteiger partial charge in [0.2, 0.25) is 0 Å². The number of nitro benzene ring substituents is 1. The molecular weight excluding hydrogens is 466 g/mol. The van der Waals surface area contributed by atoms with Crippen LogP contribution in [-0.4, -0.2) is 27.5 Å². The smallest absolute Gasteiger partial charge is 0.269 e. The highest BCUT2D eigenvalue weighted by molar-refractivity contribution is 6.05. The molecule has 0 bridgehead atoms. The minimum atomic E-state index is -0.761. The van der Waals surface area contributed by atoms with Gasteiger partial charge in [-0.1, -0.05) is 72.8 Å². The average Bonchev–Trinajstić information content (AvgIpc) is 3.39. The van der Waals surface area contributed by atoms with Gasteiger partial charge < -0.3 is 4.74 Å². The predicted octanol–water partition coefficient (Wildman–Crippen LogP) is 6.13. The van der Waals surface area contributed by atoms with Crippen molar-refractivity contribution >= 4 is 17.2 Å². The molecule has 7 heteroatoms. The van der Waals surface area contributed by atoms with Gasteiger partial charge in [-0.25, -0.2) is 0 Å². The number of fused-ring (bicyclic) bond motifs is 1. The number of carbonyl (C=O) groups is 1. The van der Waals surface area contributed by atoms with Gasteiger partial charge in [0.05, 0.1) is 22.2 Å². The Morgan fingerprint density at radius 3 is 2.16 bits per heavy atom. The van der Waals surface area contributed by atoms with Crippen molar-refractivity contribution in [2.75, 3.05) is 0 Å². The van der Waals surface area contributed by atoms with Crippen LogP contribution in [0.3, 0.4) is 0 Å². The Morgan fingerprint density at radius 2 is 1.46 bits per heavy atom. The minimum absolute atomic E-state index is 0.0180. The number of non-ortho nitro benzene ring substituents is 1. The van der Waals surface area contributed by atoms with Gasteiger partial charge in [-0.05, 0) is 41.0 Å². The van der Waals surface area contributed by atoms with Gasteiger partial charge in [0.1, 0.15) is 5.75 Å². The maximum atomic E-state index is 14.1. The predicted molar refractivity (Wildman–Crippen MR) is 140 cm³/mol. The second kappa shape index (κ2) is 9.35. The summed E-state index contributed by atoms with van der Waals surface area (Å²) in [4.78, 5) is 24.9. The third kappa shape index (κ3) is 4.14. The zero-order valence-corrected chi connectivity index (χ0v) is 19.8. The van der Waals surface area contributed by atoms with Crippen molar-refractivity contribution in [3.05, 3.63) is 142 Å². The summed E-state index contributed by atoms with van der Waals surface area (Å²) in [5.74, 6) is 0.402. The SMILES string of the molecule is O=C1c2ccccc2OC(c2ccc([N+](=O)[O-])cc2)C1N1N=C(c2ccccc2)CC1c1ccccc1. The van der Waals surface area contributed by atoms with E-state index in [0.29, 0.717) is 23.3 Å². The summed E-state index contributed by atoms with van der Waals surface area (Å²) in [6, 6.07) is 32.4. The number of carbonyl (C=O) groups excluding carboxylic acids is 1. The van der Waals surface area contributed by atoms with Gasteiger partial charge >= 0.3 is 0 Å². The molecule has 0 spiro atoms. The molecule has 2 aliphatic heterocycles. The van der Waals surface area contributed by atoms with Crippen LogP contribution in [0.2, 0.25) is 0 Å². The summed E-state index contributed by atoms with van der Waals surface area (Å²) in [5.41, 5.74) is 4.10. The van der Waals surface area contributed by atoms with E-state index in [4.69, 9.17) is 9.84 Å². The number of nitrogens with zero attached hydrogens (tertiary/aromatic N) is 3. The van der Waals surface area contributed by atoms with Crippen molar-refractivity contribution in [1.82, 2.24) is 5.01 Å². The fourth-order valence-corrected chi connectivity index (χ4v) is 5.10. The van der Waals surface area contributed by atoms with Crippen LogP contribution in [-0.2, 0) is 0 Å². The first-order valence-electron chi connectivity index (χ1n) is 12.1. The quantitative estimate of drug-likeness (QED) is 0.249. The third-order valence-corrected chi connectivity index (χ3v) is 6.91. The molecule has 37 heavy (non-hydrogen) atoms. The number of hydrazone groups is 1. The summed E-state index contributed by atoms with van der Waals surface area (Å²) in [7, 11) is 0. The molecule has 182 valence electrons. The maximum Gasteiger partial charge on any atom is 0.269 e. The normalized spacial score (nSPS) is 20.6. The lowest BCUT2D eigenvalue weighted by Crippen LogP contribution is -2.47. The Hall–Kier alpha value is -4.78. The number of ether oxygens (including phenoxy) is 1. The molecule has 3 atom stereocenters. The summed E-state index contributed by atoms with van der Waals surface area (Å²) in [6.07, 6.45) is -0.0693. The lowest BCUT2D eigenvalue weighted by atomic mass is 9.89. The molecule has 6 rings (SSSR count). The fraction of sp³-hybridized carbons (Fsp3) is 0.133. The zero-order valence-electron chi connectivity index (χ0n) is 19.8. The van der Waals surface area contributed by atoms with Gasteiger partial charge in [-0.15, -0.1) is 0 Å². The lowest BCUT2D eigenvalue weighted by molar-refractivity contribution is -0.384. The van der Waals surface area contributed by atoms with Crippen molar-refractivity contribution < 1.29 is 14.5 Å². The molecule has 7 nitrogen and oxygen atoms in total. The molecule has 0 saturated heterocycles. The van der Waals surface area contributed by atoms with E-state index in [1.54, 1.807) is 24.3 Å². The first kappa shape index (κ1) is 22.7. The first-order valence-corrected chi connectivity index (χ1v) is 12.1. The number of nitro groups is 1. The molecule has 2 aliphatic rings. The molecule has 4 aromatic rings. The molecule has 0 N–H and O–H groups in total. The third-order valence-electron chi connectivity index (χ3n) is 6.91. The highest BCUT2D eigenvalue weighted by atomic mass is 16.6. The minimum Gasteiger partial charge on any atom is -0.482 e. The number of hydrogen-bond acceptors (Lipinski definition) is 6. The van der Waals surface area contributed by atoms with E-state index in [1.807, 2.05) is 77.8 Å². The second-order valence-corrected chi connectivity index (χ2v) is 9.12. The van der Waals surface area contributed by atoms with E-state index >= 15 is 0 Å². The number of rotatable bonds is 5. The number of ketones is 1. The Kier molecular flexibility index (Phi) is 5.73. The highest BCUT2D eigenvalue weighted by Gasteiger charge is 2.46. The monoisotopic (exact) mass is 489 g/mol. The Bertz CT molecular complexity index is 1490. The van der Waals surface area contributed by atoms with Crippen LogP contribution < -0.4 is 4.74 Å². The lowest BCUT2D eigenvalue weighted by Gasteiger charge is -2.39. The number of para-hydroxylation sites is 1. The molecule has 3 unspecified atom stereocenters. The van der Waals surface area contributed by atoms with Crippen molar-refractivity contribution in [1.29, 1.82) is 0 Å².